The first-order valence-electron chi connectivity index (χ1n) is 4.83. The zero-order valence-corrected chi connectivity index (χ0v) is 9.49. The van der Waals surface area contributed by atoms with E-state index in [1.165, 1.54) is 5.70 Å². The van der Waals surface area contributed by atoms with Gasteiger partial charge < -0.3 is 9.80 Å². The predicted octanol–water partition coefficient (Wildman–Crippen LogP) is 1.00. The molecule has 0 atom stereocenters. The molecule has 0 aromatic heterocycles. The van der Waals surface area contributed by atoms with Crippen molar-refractivity contribution in [1.29, 1.82) is 0 Å². The summed E-state index contributed by atoms with van der Waals surface area (Å²) in [6.45, 7) is 1.69. The smallest absolute Gasteiger partial charge is 0.0596 e. The molecule has 14 heavy (non-hydrogen) atoms. The van der Waals surface area contributed by atoms with Crippen LogP contribution in [0.5, 0.6) is 0 Å². The van der Waals surface area contributed by atoms with Crippen molar-refractivity contribution >= 4 is 5.71 Å². The van der Waals surface area contributed by atoms with Crippen LogP contribution in [-0.2, 0) is 0 Å². The van der Waals surface area contributed by atoms with Gasteiger partial charge in [-0.25, -0.2) is 0 Å². The highest BCUT2D eigenvalue weighted by atomic mass is 15.1. The summed E-state index contributed by atoms with van der Waals surface area (Å²) in [5, 5.41) is 0. The quantitative estimate of drug-likeness (QED) is 0.666. The Kier molecular flexibility index (Phi) is 3.89. The normalized spacial score (nSPS) is 16.4. The Labute approximate surface area is 86.4 Å². The molecule has 1 aliphatic rings. The van der Waals surface area contributed by atoms with Gasteiger partial charge in [0.25, 0.3) is 0 Å². The van der Waals surface area contributed by atoms with Crippen LogP contribution in [0.25, 0.3) is 0 Å². The van der Waals surface area contributed by atoms with E-state index in [-0.39, 0.29) is 0 Å². The number of nitrogens with zero attached hydrogens (tertiary/aromatic N) is 3. The Balaban J connectivity index is 2.63. The second-order valence-corrected chi connectivity index (χ2v) is 3.93. The number of hydrogen-bond acceptors (Lipinski definition) is 3. The summed E-state index contributed by atoms with van der Waals surface area (Å²) in [4.78, 5) is 8.71. The van der Waals surface area contributed by atoms with Crippen LogP contribution in [0.1, 0.15) is 0 Å². The first-order valence-corrected chi connectivity index (χ1v) is 4.83. The second-order valence-electron chi connectivity index (χ2n) is 3.93. The van der Waals surface area contributed by atoms with Crippen LogP contribution < -0.4 is 0 Å². The van der Waals surface area contributed by atoms with E-state index in [0.29, 0.717) is 0 Å². The van der Waals surface area contributed by atoms with Crippen LogP contribution in [0.4, 0.5) is 0 Å². The van der Waals surface area contributed by atoms with Gasteiger partial charge in [-0.2, -0.15) is 0 Å². The molecule has 3 nitrogen and oxygen atoms in total. The summed E-state index contributed by atoms with van der Waals surface area (Å²) in [5.74, 6) is 0. The molecule has 0 radical (unpaired) electrons. The van der Waals surface area contributed by atoms with Gasteiger partial charge in [-0.05, 0) is 32.3 Å². The van der Waals surface area contributed by atoms with Crippen molar-refractivity contribution in [2.75, 3.05) is 41.3 Å². The van der Waals surface area contributed by atoms with Crippen LogP contribution in [-0.4, -0.2) is 56.8 Å². The maximum Gasteiger partial charge on any atom is 0.0596 e. The van der Waals surface area contributed by atoms with E-state index < -0.39 is 0 Å². The fourth-order valence-corrected chi connectivity index (χ4v) is 1.32. The molecule has 1 heterocycles. The number of likely N-dealkylation sites (N-methyl/N-ethyl adjacent to an activating group) is 1. The summed E-state index contributed by atoms with van der Waals surface area (Å²) in [6.07, 6.45) is 6.35. The molecule has 0 amide bonds. The van der Waals surface area contributed by atoms with Gasteiger partial charge in [-0.1, -0.05) is 0 Å². The molecule has 0 aliphatic carbocycles. The Morgan fingerprint density at radius 3 is 2.50 bits per heavy atom. The summed E-state index contributed by atoms with van der Waals surface area (Å²) >= 11 is 0. The Morgan fingerprint density at radius 2 is 1.93 bits per heavy atom. The summed E-state index contributed by atoms with van der Waals surface area (Å²) in [7, 11) is 8.21. The van der Waals surface area contributed by atoms with Crippen molar-refractivity contribution in [3.63, 3.8) is 0 Å². The Bertz CT molecular complexity index is 272. The van der Waals surface area contributed by atoms with E-state index in [4.69, 9.17) is 0 Å². The van der Waals surface area contributed by atoms with Gasteiger partial charge in [0.2, 0.25) is 0 Å². The van der Waals surface area contributed by atoms with Crippen LogP contribution in [0, 0.1) is 0 Å². The van der Waals surface area contributed by atoms with Gasteiger partial charge in [-0.3, -0.25) is 4.99 Å². The van der Waals surface area contributed by atoms with E-state index >= 15 is 0 Å². The number of hydrogen-bond donors (Lipinski definition) is 0. The molecule has 1 aliphatic heterocycles. The van der Waals surface area contributed by atoms with E-state index in [2.05, 4.69) is 47.1 Å². The van der Waals surface area contributed by atoms with Crippen molar-refractivity contribution in [3.8, 4) is 0 Å². The van der Waals surface area contributed by atoms with Crippen LogP contribution in [0.15, 0.2) is 28.9 Å². The van der Waals surface area contributed by atoms with Gasteiger partial charge in [0, 0.05) is 32.0 Å². The largest absolute Gasteiger partial charge is 0.378 e. The second kappa shape index (κ2) is 4.96. The van der Waals surface area contributed by atoms with Crippen LogP contribution in [0.2, 0.25) is 0 Å². The van der Waals surface area contributed by atoms with Crippen molar-refractivity contribution in [2.24, 2.45) is 4.99 Å². The topological polar surface area (TPSA) is 18.8 Å². The van der Waals surface area contributed by atoms with Gasteiger partial charge in [0.1, 0.15) is 0 Å². The number of allylic oxidation sites excluding steroid dienone is 1. The van der Waals surface area contributed by atoms with Crippen molar-refractivity contribution in [1.82, 2.24) is 9.80 Å². The number of aliphatic imine (C=N–C) groups is 1. The molecule has 1 rings (SSSR count). The van der Waals surface area contributed by atoms with E-state index in [9.17, 15) is 0 Å². The Morgan fingerprint density at radius 1 is 1.21 bits per heavy atom. The van der Waals surface area contributed by atoms with E-state index in [1.807, 2.05) is 14.1 Å². The molecule has 0 unspecified atom stereocenters. The molecule has 3 heteroatoms. The number of rotatable bonds is 3. The SMILES string of the molecule is CN(C)CC1=NCC=C(N(C)C)C=C1. The molecule has 0 saturated carbocycles. The van der Waals surface area contributed by atoms with Crippen LogP contribution >= 0.6 is 0 Å². The minimum absolute atomic E-state index is 0.781. The molecule has 0 saturated heterocycles. The third-order valence-corrected chi connectivity index (χ3v) is 2.04. The lowest BCUT2D eigenvalue weighted by molar-refractivity contribution is 0.470. The fraction of sp³-hybridized carbons (Fsp3) is 0.545. The lowest BCUT2D eigenvalue weighted by atomic mass is 10.3. The van der Waals surface area contributed by atoms with Gasteiger partial charge in [0.15, 0.2) is 0 Å². The van der Waals surface area contributed by atoms with E-state index in [1.54, 1.807) is 0 Å². The molecular weight excluding hydrogens is 174 g/mol. The third-order valence-electron chi connectivity index (χ3n) is 2.04. The third kappa shape index (κ3) is 3.34. The van der Waals surface area contributed by atoms with Crippen molar-refractivity contribution < 1.29 is 0 Å². The summed E-state index contributed by atoms with van der Waals surface area (Å²) < 4.78 is 0. The average Bonchev–Trinajstić information content (AvgIpc) is 2.28. The fourth-order valence-electron chi connectivity index (χ4n) is 1.32. The first-order chi connectivity index (χ1) is 6.59. The predicted molar refractivity (Wildman–Crippen MR) is 61.8 cm³/mol. The zero-order valence-electron chi connectivity index (χ0n) is 9.49. The molecule has 0 fully saturated rings. The molecule has 0 aromatic rings. The zero-order chi connectivity index (χ0) is 10.6. The highest BCUT2D eigenvalue weighted by Gasteiger charge is 2.02. The lowest BCUT2D eigenvalue weighted by Crippen LogP contribution is -2.20. The molecular formula is C11H19N3. The van der Waals surface area contributed by atoms with E-state index in [0.717, 1.165) is 18.8 Å². The Hall–Kier alpha value is -1.09. The standard InChI is InChI=1S/C11H19N3/c1-13(2)9-10-5-6-11(14(3)4)7-8-12-10/h5-7H,8-9H2,1-4H3. The van der Waals surface area contributed by atoms with Gasteiger partial charge >= 0.3 is 0 Å². The molecule has 0 spiro atoms. The van der Waals surface area contributed by atoms with Crippen molar-refractivity contribution in [3.05, 3.63) is 23.9 Å². The van der Waals surface area contributed by atoms with Gasteiger partial charge in [-0.15, -0.1) is 0 Å². The van der Waals surface area contributed by atoms with Crippen molar-refractivity contribution in [2.45, 2.75) is 0 Å². The molecule has 0 bridgehead atoms. The monoisotopic (exact) mass is 193 g/mol. The molecule has 78 valence electrons. The highest BCUT2D eigenvalue weighted by molar-refractivity contribution is 5.97. The summed E-state index contributed by atoms with van der Waals surface area (Å²) in [5.41, 5.74) is 2.37. The minimum atomic E-state index is 0.781. The average molecular weight is 193 g/mol. The maximum absolute atomic E-state index is 4.48. The highest BCUT2D eigenvalue weighted by Crippen LogP contribution is 2.04. The van der Waals surface area contributed by atoms with Gasteiger partial charge in [0.05, 0.1) is 6.54 Å². The maximum atomic E-state index is 4.48. The molecule has 0 aromatic carbocycles. The lowest BCUT2D eigenvalue weighted by Gasteiger charge is -2.12. The first kappa shape index (κ1) is 11.0. The minimum Gasteiger partial charge on any atom is -0.378 e. The van der Waals surface area contributed by atoms with Crippen LogP contribution in [0.3, 0.4) is 0 Å². The molecule has 0 N–H and O–H groups in total. The summed E-state index contributed by atoms with van der Waals surface area (Å²) in [6, 6.07) is 0.